The van der Waals surface area contributed by atoms with Gasteiger partial charge in [-0.1, -0.05) is 11.3 Å². The van der Waals surface area contributed by atoms with Crippen molar-refractivity contribution in [3.05, 3.63) is 22.8 Å². The molecule has 0 fully saturated rings. The summed E-state index contributed by atoms with van der Waals surface area (Å²) in [7, 11) is 0. The summed E-state index contributed by atoms with van der Waals surface area (Å²) < 4.78 is 0.904. The summed E-state index contributed by atoms with van der Waals surface area (Å²) in [6.45, 7) is 1.49. The molecule has 0 unspecified atom stereocenters. The van der Waals surface area contributed by atoms with Crippen LogP contribution in [0.3, 0.4) is 0 Å². The fraction of sp³-hybridized carbons (Fsp3) is 0.111. The van der Waals surface area contributed by atoms with Gasteiger partial charge in [-0.2, -0.15) is 0 Å². The van der Waals surface area contributed by atoms with Crippen molar-refractivity contribution in [3.63, 3.8) is 0 Å². The number of thiophene rings is 1. The lowest BCUT2D eigenvalue weighted by Crippen LogP contribution is -2.04. The Morgan fingerprint density at radius 2 is 2.43 bits per heavy atom. The van der Waals surface area contributed by atoms with Gasteiger partial charge >= 0.3 is 0 Å². The first-order valence-corrected chi connectivity index (χ1v) is 5.60. The van der Waals surface area contributed by atoms with Crippen LogP contribution in [-0.2, 0) is 4.79 Å². The zero-order valence-electron chi connectivity index (χ0n) is 7.37. The molecular formula is C9H7BrN2OS. The van der Waals surface area contributed by atoms with Crippen molar-refractivity contribution in [3.8, 4) is 0 Å². The lowest BCUT2D eigenvalue weighted by atomic mass is 10.3. The number of pyridine rings is 1. The number of carbonyl (C=O) groups excluding carboxylic acids is 1. The van der Waals surface area contributed by atoms with Crippen molar-refractivity contribution in [1.29, 1.82) is 0 Å². The molecule has 3 nitrogen and oxygen atoms in total. The van der Waals surface area contributed by atoms with Crippen molar-refractivity contribution in [2.75, 3.05) is 5.32 Å². The van der Waals surface area contributed by atoms with Crippen LogP contribution < -0.4 is 5.32 Å². The molecule has 0 aliphatic carbocycles. The van der Waals surface area contributed by atoms with E-state index in [4.69, 9.17) is 0 Å². The van der Waals surface area contributed by atoms with E-state index >= 15 is 0 Å². The van der Waals surface area contributed by atoms with Crippen molar-refractivity contribution in [1.82, 2.24) is 4.98 Å². The van der Waals surface area contributed by atoms with Crippen molar-refractivity contribution >= 4 is 48.4 Å². The molecule has 2 aromatic rings. The quantitative estimate of drug-likeness (QED) is 0.866. The number of carbonyl (C=O) groups is 1. The molecule has 0 aliphatic rings. The van der Waals surface area contributed by atoms with Gasteiger partial charge in [-0.15, -0.1) is 0 Å². The monoisotopic (exact) mass is 270 g/mol. The molecule has 0 aliphatic heterocycles. The second-order valence-corrected chi connectivity index (χ2v) is 4.57. The topological polar surface area (TPSA) is 42.0 Å². The first-order valence-electron chi connectivity index (χ1n) is 3.99. The second-order valence-electron chi connectivity index (χ2n) is 2.78. The highest BCUT2D eigenvalue weighted by molar-refractivity contribution is 9.10. The molecule has 0 aromatic carbocycles. The first-order chi connectivity index (χ1) is 6.68. The minimum atomic E-state index is -0.0720. The summed E-state index contributed by atoms with van der Waals surface area (Å²) in [5, 5.41) is 4.60. The number of hydrogen-bond donors (Lipinski definition) is 1. The molecule has 0 saturated carbocycles. The molecule has 1 amide bonds. The number of fused-ring (bicyclic) bond motifs is 1. The van der Waals surface area contributed by atoms with E-state index in [1.54, 1.807) is 6.20 Å². The normalized spacial score (nSPS) is 10.4. The number of halogens is 1. The minimum absolute atomic E-state index is 0.0720. The first kappa shape index (κ1) is 9.61. The Kier molecular flexibility index (Phi) is 2.52. The number of hydrogen-bond acceptors (Lipinski definition) is 3. The Labute approximate surface area is 93.3 Å². The molecule has 0 spiro atoms. The summed E-state index contributed by atoms with van der Waals surface area (Å²) >= 11 is 4.90. The molecule has 2 rings (SSSR count). The third-order valence-corrected chi connectivity index (χ3v) is 3.81. The zero-order valence-corrected chi connectivity index (χ0v) is 9.78. The summed E-state index contributed by atoms with van der Waals surface area (Å²) in [6.07, 6.45) is 1.74. The van der Waals surface area contributed by atoms with E-state index in [1.165, 1.54) is 18.3 Å². The number of anilines is 1. The third-order valence-electron chi connectivity index (χ3n) is 1.70. The van der Waals surface area contributed by atoms with Crippen LogP contribution >= 0.6 is 27.3 Å². The zero-order chi connectivity index (χ0) is 10.1. The highest BCUT2D eigenvalue weighted by Crippen LogP contribution is 2.38. The van der Waals surface area contributed by atoms with E-state index < -0.39 is 0 Å². The van der Waals surface area contributed by atoms with Crippen LogP contribution in [0.1, 0.15) is 6.92 Å². The SMILES string of the molecule is CC(=O)Nc1sc2ncccc2c1Br. The van der Waals surface area contributed by atoms with Gasteiger partial charge in [-0.3, -0.25) is 4.79 Å². The van der Waals surface area contributed by atoms with Crippen LogP contribution in [-0.4, -0.2) is 10.9 Å². The molecule has 0 bridgehead atoms. The Morgan fingerprint density at radius 1 is 1.64 bits per heavy atom. The van der Waals surface area contributed by atoms with Crippen LogP contribution in [0, 0.1) is 0 Å². The van der Waals surface area contributed by atoms with E-state index in [0.717, 1.165) is 19.7 Å². The molecule has 0 atom stereocenters. The smallest absolute Gasteiger partial charge is 0.221 e. The van der Waals surface area contributed by atoms with Gasteiger partial charge in [0, 0.05) is 18.5 Å². The highest BCUT2D eigenvalue weighted by Gasteiger charge is 2.10. The van der Waals surface area contributed by atoms with Gasteiger partial charge in [-0.05, 0) is 28.1 Å². The maximum Gasteiger partial charge on any atom is 0.221 e. The Balaban J connectivity index is 2.57. The lowest BCUT2D eigenvalue weighted by Gasteiger charge is -1.96. The van der Waals surface area contributed by atoms with Crippen LogP contribution in [0.5, 0.6) is 0 Å². The van der Waals surface area contributed by atoms with Gasteiger partial charge in [0.05, 0.1) is 4.47 Å². The standard InChI is InChI=1S/C9H7BrN2OS/c1-5(13)12-9-7(10)6-3-2-4-11-8(6)14-9/h2-4H,1H3,(H,12,13). The highest BCUT2D eigenvalue weighted by atomic mass is 79.9. The lowest BCUT2D eigenvalue weighted by molar-refractivity contribution is -0.114. The summed E-state index contributed by atoms with van der Waals surface area (Å²) in [5.41, 5.74) is 0. The molecule has 1 N–H and O–H groups in total. The van der Waals surface area contributed by atoms with E-state index in [-0.39, 0.29) is 5.91 Å². The Morgan fingerprint density at radius 3 is 3.07 bits per heavy atom. The molecule has 0 radical (unpaired) electrons. The van der Waals surface area contributed by atoms with Crippen LogP contribution in [0.4, 0.5) is 5.00 Å². The van der Waals surface area contributed by atoms with E-state index in [0.29, 0.717) is 0 Å². The Hall–Kier alpha value is -0.940. The summed E-state index contributed by atoms with van der Waals surface area (Å²) in [6, 6.07) is 3.84. The second kappa shape index (κ2) is 3.67. The van der Waals surface area contributed by atoms with Crippen LogP contribution in [0.25, 0.3) is 10.2 Å². The van der Waals surface area contributed by atoms with Crippen LogP contribution in [0.2, 0.25) is 0 Å². The number of nitrogens with one attached hydrogen (secondary N) is 1. The fourth-order valence-electron chi connectivity index (χ4n) is 1.14. The largest absolute Gasteiger partial charge is 0.317 e. The van der Waals surface area contributed by atoms with Crippen molar-refractivity contribution in [2.24, 2.45) is 0 Å². The van der Waals surface area contributed by atoms with Gasteiger partial charge in [0.15, 0.2) is 0 Å². The van der Waals surface area contributed by atoms with Crippen molar-refractivity contribution in [2.45, 2.75) is 6.92 Å². The average molecular weight is 271 g/mol. The molecule has 72 valence electrons. The van der Waals surface area contributed by atoms with Gasteiger partial charge in [0.1, 0.15) is 9.83 Å². The predicted molar refractivity (Wildman–Crippen MR) is 61.6 cm³/mol. The Bertz CT molecular complexity index is 495. The molecule has 2 aromatic heterocycles. The van der Waals surface area contributed by atoms with E-state index in [1.807, 2.05) is 12.1 Å². The number of amides is 1. The van der Waals surface area contributed by atoms with Gasteiger partial charge in [0.2, 0.25) is 5.91 Å². The molecule has 5 heteroatoms. The molecule has 0 saturated heterocycles. The minimum Gasteiger partial charge on any atom is -0.317 e. The van der Waals surface area contributed by atoms with Gasteiger partial charge in [-0.25, -0.2) is 4.98 Å². The molecule has 2 heterocycles. The maximum absolute atomic E-state index is 10.9. The summed E-state index contributed by atoms with van der Waals surface area (Å²) in [5.74, 6) is -0.0720. The molecular weight excluding hydrogens is 264 g/mol. The third kappa shape index (κ3) is 1.65. The number of rotatable bonds is 1. The van der Waals surface area contributed by atoms with E-state index in [2.05, 4.69) is 26.2 Å². The van der Waals surface area contributed by atoms with Crippen molar-refractivity contribution < 1.29 is 4.79 Å². The number of aromatic nitrogens is 1. The van der Waals surface area contributed by atoms with E-state index in [9.17, 15) is 4.79 Å². The fourth-order valence-corrected chi connectivity index (χ4v) is 2.92. The average Bonchev–Trinajstić information content (AvgIpc) is 2.44. The molecule has 14 heavy (non-hydrogen) atoms. The summed E-state index contributed by atoms with van der Waals surface area (Å²) in [4.78, 5) is 16.0. The number of nitrogens with zero attached hydrogens (tertiary/aromatic N) is 1. The predicted octanol–water partition coefficient (Wildman–Crippen LogP) is 3.02. The maximum atomic E-state index is 10.9. The van der Waals surface area contributed by atoms with Gasteiger partial charge < -0.3 is 5.32 Å². The van der Waals surface area contributed by atoms with Crippen LogP contribution in [0.15, 0.2) is 22.8 Å². The van der Waals surface area contributed by atoms with Gasteiger partial charge in [0.25, 0.3) is 0 Å².